The fourth-order valence-corrected chi connectivity index (χ4v) is 3.23. The van der Waals surface area contributed by atoms with E-state index in [0.717, 1.165) is 40.0 Å². The van der Waals surface area contributed by atoms with Gasteiger partial charge in [0.25, 0.3) is 5.91 Å². The Morgan fingerprint density at radius 2 is 2.10 bits per heavy atom. The molecular weight excluding hydrogens is 377 g/mol. The third-order valence-corrected chi connectivity index (χ3v) is 4.39. The lowest BCUT2D eigenvalue weighted by molar-refractivity contribution is 0.0985. The molecular formula is C17H16INO2. The summed E-state index contributed by atoms with van der Waals surface area (Å²) in [5, 5.41) is 0. The van der Waals surface area contributed by atoms with Gasteiger partial charge < -0.3 is 9.64 Å². The van der Waals surface area contributed by atoms with E-state index < -0.39 is 0 Å². The molecule has 0 spiro atoms. The molecule has 3 rings (SSSR count). The summed E-state index contributed by atoms with van der Waals surface area (Å²) < 4.78 is 6.35. The van der Waals surface area contributed by atoms with Crippen molar-refractivity contribution in [3.63, 3.8) is 0 Å². The molecule has 0 bridgehead atoms. The number of carbonyl (C=O) groups is 1. The Bertz CT molecular complexity index is 684. The van der Waals surface area contributed by atoms with E-state index in [1.165, 1.54) is 5.56 Å². The highest BCUT2D eigenvalue weighted by atomic mass is 127. The van der Waals surface area contributed by atoms with Crippen LogP contribution in [0.4, 0.5) is 5.69 Å². The van der Waals surface area contributed by atoms with Crippen molar-refractivity contribution in [3.05, 3.63) is 57.2 Å². The molecule has 0 aliphatic carbocycles. The summed E-state index contributed by atoms with van der Waals surface area (Å²) >= 11 is 2.23. The summed E-state index contributed by atoms with van der Waals surface area (Å²) in [4.78, 5) is 14.6. The number of halogens is 1. The van der Waals surface area contributed by atoms with Gasteiger partial charge in [0.05, 0.1) is 7.11 Å². The minimum absolute atomic E-state index is 0.0691. The molecule has 0 aromatic heterocycles. The Morgan fingerprint density at radius 1 is 1.24 bits per heavy atom. The molecule has 0 unspecified atom stereocenters. The Hall–Kier alpha value is -1.56. The number of amides is 1. The number of carbonyl (C=O) groups excluding carboxylic acids is 1. The van der Waals surface area contributed by atoms with Gasteiger partial charge in [-0.05, 0) is 77.4 Å². The van der Waals surface area contributed by atoms with Crippen molar-refractivity contribution in [2.45, 2.75) is 12.8 Å². The first-order valence-electron chi connectivity index (χ1n) is 6.93. The van der Waals surface area contributed by atoms with Gasteiger partial charge in [-0.1, -0.05) is 6.07 Å². The predicted octanol–water partition coefficient (Wildman–Crippen LogP) is 3.89. The van der Waals surface area contributed by atoms with Crippen LogP contribution in [-0.2, 0) is 6.42 Å². The molecule has 0 saturated carbocycles. The first-order chi connectivity index (χ1) is 10.2. The number of hydrogen-bond acceptors (Lipinski definition) is 2. The molecule has 0 saturated heterocycles. The fraction of sp³-hybridized carbons (Fsp3) is 0.235. The van der Waals surface area contributed by atoms with E-state index in [4.69, 9.17) is 4.74 Å². The number of fused-ring (bicyclic) bond motifs is 1. The third kappa shape index (κ3) is 2.90. The molecule has 1 heterocycles. The highest BCUT2D eigenvalue weighted by Gasteiger charge is 2.23. The number of ether oxygens (including phenoxy) is 1. The molecule has 4 heteroatoms. The van der Waals surface area contributed by atoms with E-state index in [0.29, 0.717) is 0 Å². The maximum absolute atomic E-state index is 12.8. The zero-order valence-corrected chi connectivity index (χ0v) is 14.0. The second kappa shape index (κ2) is 6.05. The van der Waals surface area contributed by atoms with Crippen molar-refractivity contribution < 1.29 is 9.53 Å². The Morgan fingerprint density at radius 3 is 2.86 bits per heavy atom. The van der Waals surface area contributed by atoms with Crippen LogP contribution in [0.15, 0.2) is 42.5 Å². The fourth-order valence-electron chi connectivity index (χ4n) is 2.69. The van der Waals surface area contributed by atoms with Crippen molar-refractivity contribution in [1.82, 2.24) is 0 Å². The molecule has 0 N–H and O–H groups in total. The van der Waals surface area contributed by atoms with Crippen molar-refractivity contribution >= 4 is 34.2 Å². The Balaban J connectivity index is 1.96. The molecule has 0 atom stereocenters. The predicted molar refractivity (Wildman–Crippen MR) is 92.2 cm³/mol. The van der Waals surface area contributed by atoms with E-state index in [9.17, 15) is 4.79 Å². The van der Waals surface area contributed by atoms with E-state index in [1.54, 1.807) is 7.11 Å². The average molecular weight is 393 g/mol. The topological polar surface area (TPSA) is 29.5 Å². The molecule has 108 valence electrons. The number of aryl methyl sites for hydroxylation is 1. The lowest BCUT2D eigenvalue weighted by atomic mass is 10.0. The average Bonchev–Trinajstić information content (AvgIpc) is 2.53. The lowest BCUT2D eigenvalue weighted by Crippen LogP contribution is -2.35. The minimum atomic E-state index is 0.0691. The van der Waals surface area contributed by atoms with E-state index >= 15 is 0 Å². The van der Waals surface area contributed by atoms with Crippen LogP contribution in [0.5, 0.6) is 5.75 Å². The van der Waals surface area contributed by atoms with Crippen LogP contribution in [0.3, 0.4) is 0 Å². The second-order valence-electron chi connectivity index (χ2n) is 5.07. The van der Waals surface area contributed by atoms with Gasteiger partial charge in [0.2, 0.25) is 0 Å². The monoisotopic (exact) mass is 393 g/mol. The highest BCUT2D eigenvalue weighted by Crippen LogP contribution is 2.31. The van der Waals surface area contributed by atoms with Crippen LogP contribution in [0.25, 0.3) is 0 Å². The van der Waals surface area contributed by atoms with Gasteiger partial charge in [-0.2, -0.15) is 0 Å². The molecule has 0 fully saturated rings. The zero-order chi connectivity index (χ0) is 14.8. The SMILES string of the molecule is COc1ccc2c(c1)CCCN2C(=O)c1cccc(I)c1. The number of methoxy groups -OCH3 is 1. The van der Waals surface area contributed by atoms with Crippen LogP contribution >= 0.6 is 22.6 Å². The van der Waals surface area contributed by atoms with E-state index in [1.807, 2.05) is 47.4 Å². The molecule has 1 aliphatic rings. The maximum Gasteiger partial charge on any atom is 0.258 e. The van der Waals surface area contributed by atoms with Gasteiger partial charge in [0, 0.05) is 21.4 Å². The number of hydrogen-bond donors (Lipinski definition) is 0. The van der Waals surface area contributed by atoms with Gasteiger partial charge in [-0.15, -0.1) is 0 Å². The molecule has 2 aromatic carbocycles. The number of nitrogens with zero attached hydrogens (tertiary/aromatic N) is 1. The van der Waals surface area contributed by atoms with Crippen LogP contribution in [0.1, 0.15) is 22.3 Å². The smallest absolute Gasteiger partial charge is 0.258 e. The van der Waals surface area contributed by atoms with Gasteiger partial charge in [0.1, 0.15) is 5.75 Å². The minimum Gasteiger partial charge on any atom is -0.497 e. The number of anilines is 1. The van der Waals surface area contributed by atoms with Crippen molar-refractivity contribution in [1.29, 1.82) is 0 Å². The summed E-state index contributed by atoms with van der Waals surface area (Å²) in [6, 6.07) is 13.7. The van der Waals surface area contributed by atoms with Crippen LogP contribution in [0, 0.1) is 3.57 Å². The normalized spacial score (nSPS) is 13.7. The summed E-state index contributed by atoms with van der Waals surface area (Å²) in [6.45, 7) is 0.767. The first kappa shape index (κ1) is 14.4. The number of benzene rings is 2. The van der Waals surface area contributed by atoms with E-state index in [2.05, 4.69) is 22.6 Å². The quantitative estimate of drug-likeness (QED) is 0.725. The summed E-state index contributed by atoms with van der Waals surface area (Å²) in [5.41, 5.74) is 2.93. The second-order valence-corrected chi connectivity index (χ2v) is 6.31. The van der Waals surface area contributed by atoms with Crippen molar-refractivity contribution in [2.75, 3.05) is 18.6 Å². The Labute approximate surface area is 138 Å². The summed E-state index contributed by atoms with van der Waals surface area (Å²) in [7, 11) is 1.67. The van der Waals surface area contributed by atoms with E-state index in [-0.39, 0.29) is 5.91 Å². The zero-order valence-electron chi connectivity index (χ0n) is 11.8. The lowest BCUT2D eigenvalue weighted by Gasteiger charge is -2.30. The Kier molecular flexibility index (Phi) is 4.14. The molecule has 2 aromatic rings. The van der Waals surface area contributed by atoms with Gasteiger partial charge >= 0.3 is 0 Å². The summed E-state index contributed by atoms with van der Waals surface area (Å²) in [5.74, 6) is 0.914. The van der Waals surface area contributed by atoms with Crippen LogP contribution in [0.2, 0.25) is 0 Å². The highest BCUT2D eigenvalue weighted by molar-refractivity contribution is 14.1. The first-order valence-corrected chi connectivity index (χ1v) is 8.01. The maximum atomic E-state index is 12.8. The van der Waals surface area contributed by atoms with Gasteiger partial charge in [-0.3, -0.25) is 4.79 Å². The summed E-state index contributed by atoms with van der Waals surface area (Å²) in [6.07, 6.45) is 1.97. The molecule has 3 nitrogen and oxygen atoms in total. The van der Waals surface area contributed by atoms with Crippen molar-refractivity contribution in [2.24, 2.45) is 0 Å². The van der Waals surface area contributed by atoms with Gasteiger partial charge in [0.15, 0.2) is 0 Å². The van der Waals surface area contributed by atoms with Crippen LogP contribution in [-0.4, -0.2) is 19.6 Å². The molecule has 21 heavy (non-hydrogen) atoms. The standard InChI is InChI=1S/C17H16INO2/c1-21-15-7-8-16-12(11-15)5-3-9-19(16)17(20)13-4-2-6-14(18)10-13/h2,4,6-8,10-11H,3,5,9H2,1H3. The van der Waals surface area contributed by atoms with Gasteiger partial charge in [-0.25, -0.2) is 0 Å². The van der Waals surface area contributed by atoms with Crippen molar-refractivity contribution in [3.8, 4) is 5.75 Å². The molecule has 0 radical (unpaired) electrons. The number of rotatable bonds is 2. The molecule has 1 aliphatic heterocycles. The van der Waals surface area contributed by atoms with Crippen LogP contribution < -0.4 is 9.64 Å². The molecule has 1 amide bonds. The third-order valence-electron chi connectivity index (χ3n) is 3.72. The largest absolute Gasteiger partial charge is 0.497 e.